The van der Waals surface area contributed by atoms with Gasteiger partial charge in [0, 0.05) is 23.5 Å². The van der Waals surface area contributed by atoms with Gasteiger partial charge in [0.25, 0.3) is 0 Å². The Morgan fingerprint density at radius 3 is 2.77 bits per heavy atom. The van der Waals surface area contributed by atoms with E-state index in [4.69, 9.17) is 0 Å². The third-order valence-electron chi connectivity index (χ3n) is 3.92. The minimum atomic E-state index is -2.89. The number of carbonyl (C=O) groups excluding carboxylic acids is 1. The minimum Gasteiger partial charge on any atom is -0.325 e. The number of hydrogen-bond acceptors (Lipinski definition) is 4. The molecular formula is C15H21BrN2O3S. The van der Waals surface area contributed by atoms with Crippen LogP contribution >= 0.6 is 15.9 Å². The molecule has 1 fully saturated rings. The van der Waals surface area contributed by atoms with Gasteiger partial charge in [-0.1, -0.05) is 6.07 Å². The van der Waals surface area contributed by atoms with E-state index in [0.717, 1.165) is 15.7 Å². The molecule has 1 N–H and O–H groups in total. The van der Waals surface area contributed by atoms with Gasteiger partial charge in [0.2, 0.25) is 5.91 Å². The Bertz CT molecular complexity index is 661. The van der Waals surface area contributed by atoms with Crippen LogP contribution in [0.15, 0.2) is 22.7 Å². The first-order valence-electron chi connectivity index (χ1n) is 7.23. The monoisotopic (exact) mass is 388 g/mol. The summed E-state index contributed by atoms with van der Waals surface area (Å²) >= 11 is 3.43. The zero-order chi connectivity index (χ0) is 16.3. The molecule has 1 aromatic carbocycles. The fraction of sp³-hybridized carbons (Fsp3) is 0.533. The normalized spacial score (nSPS) is 20.3. The first kappa shape index (κ1) is 17.4. The second kappa shape index (κ2) is 7.10. The predicted molar refractivity (Wildman–Crippen MR) is 91.8 cm³/mol. The van der Waals surface area contributed by atoms with Crippen LogP contribution in [-0.4, -0.2) is 50.4 Å². The van der Waals surface area contributed by atoms with E-state index in [1.165, 1.54) is 0 Å². The summed E-state index contributed by atoms with van der Waals surface area (Å²) in [7, 11) is -1.01. The zero-order valence-corrected chi connectivity index (χ0v) is 15.2. The van der Waals surface area contributed by atoms with Gasteiger partial charge < -0.3 is 10.2 Å². The lowest BCUT2D eigenvalue weighted by Gasteiger charge is -2.22. The lowest BCUT2D eigenvalue weighted by atomic mass is 10.2. The lowest BCUT2D eigenvalue weighted by Crippen LogP contribution is -2.35. The molecule has 0 saturated carbocycles. The van der Waals surface area contributed by atoms with Gasteiger partial charge in [-0.2, -0.15) is 0 Å². The molecule has 122 valence electrons. The Labute approximate surface area is 140 Å². The van der Waals surface area contributed by atoms with Crippen molar-refractivity contribution in [2.24, 2.45) is 0 Å². The number of anilines is 1. The highest BCUT2D eigenvalue weighted by Crippen LogP contribution is 2.23. The average Bonchev–Trinajstić information content (AvgIpc) is 2.80. The van der Waals surface area contributed by atoms with Crippen molar-refractivity contribution < 1.29 is 13.2 Å². The van der Waals surface area contributed by atoms with Crippen LogP contribution in [0.2, 0.25) is 0 Å². The van der Waals surface area contributed by atoms with Crippen LogP contribution in [0.5, 0.6) is 0 Å². The van der Waals surface area contributed by atoms with Gasteiger partial charge in [0.1, 0.15) is 0 Å². The maximum atomic E-state index is 12.0. The van der Waals surface area contributed by atoms with Gasteiger partial charge in [-0.25, -0.2) is 8.42 Å². The Balaban J connectivity index is 1.82. The Kier molecular flexibility index (Phi) is 5.63. The molecule has 0 bridgehead atoms. The standard InChI is InChI=1S/C15H21BrN2O3S/c1-11-3-4-14(13(16)9-11)17-15(19)5-7-18(2)12-6-8-22(20,21)10-12/h3-4,9,12H,5-8,10H2,1-2H3,(H,17,19). The molecule has 0 radical (unpaired) electrons. The first-order valence-corrected chi connectivity index (χ1v) is 9.85. The number of nitrogens with one attached hydrogen (secondary N) is 1. The SMILES string of the molecule is Cc1ccc(NC(=O)CCN(C)C2CCS(=O)(=O)C2)c(Br)c1. The van der Waals surface area contributed by atoms with Crippen molar-refractivity contribution in [2.45, 2.75) is 25.8 Å². The highest BCUT2D eigenvalue weighted by atomic mass is 79.9. The number of rotatable bonds is 5. The van der Waals surface area contributed by atoms with E-state index in [-0.39, 0.29) is 23.5 Å². The molecule has 5 nitrogen and oxygen atoms in total. The fourth-order valence-corrected chi connectivity index (χ4v) is 4.92. The van der Waals surface area contributed by atoms with Crippen molar-refractivity contribution in [3.63, 3.8) is 0 Å². The average molecular weight is 389 g/mol. The van der Waals surface area contributed by atoms with E-state index < -0.39 is 9.84 Å². The van der Waals surface area contributed by atoms with Crippen molar-refractivity contribution in [3.05, 3.63) is 28.2 Å². The van der Waals surface area contributed by atoms with Crippen LogP contribution in [0.3, 0.4) is 0 Å². The van der Waals surface area contributed by atoms with Crippen LogP contribution in [0, 0.1) is 6.92 Å². The zero-order valence-electron chi connectivity index (χ0n) is 12.8. The number of aryl methyl sites for hydroxylation is 1. The van der Waals surface area contributed by atoms with Gasteiger partial charge in [0.15, 0.2) is 9.84 Å². The molecule has 1 heterocycles. The van der Waals surface area contributed by atoms with Crippen LogP contribution < -0.4 is 5.32 Å². The lowest BCUT2D eigenvalue weighted by molar-refractivity contribution is -0.116. The molecule has 1 aromatic rings. The van der Waals surface area contributed by atoms with E-state index in [1.54, 1.807) is 0 Å². The summed E-state index contributed by atoms with van der Waals surface area (Å²) in [6.07, 6.45) is 0.997. The van der Waals surface area contributed by atoms with Gasteiger partial charge in [-0.15, -0.1) is 0 Å². The summed E-state index contributed by atoms with van der Waals surface area (Å²) in [5.74, 6) is 0.386. The number of halogens is 1. The maximum absolute atomic E-state index is 12.0. The number of sulfone groups is 1. The molecule has 1 atom stereocenters. The van der Waals surface area contributed by atoms with Crippen LogP contribution in [-0.2, 0) is 14.6 Å². The number of amides is 1. The molecule has 0 spiro atoms. The summed E-state index contributed by atoms with van der Waals surface area (Å²) in [4.78, 5) is 14.0. The van der Waals surface area contributed by atoms with Crippen molar-refractivity contribution >= 4 is 37.4 Å². The van der Waals surface area contributed by atoms with E-state index in [9.17, 15) is 13.2 Å². The van der Waals surface area contributed by atoms with Gasteiger partial charge in [0.05, 0.1) is 17.2 Å². The molecular weight excluding hydrogens is 368 g/mol. The molecule has 1 aliphatic rings. The van der Waals surface area contributed by atoms with Crippen molar-refractivity contribution in [1.29, 1.82) is 0 Å². The molecule has 1 aliphatic heterocycles. The largest absolute Gasteiger partial charge is 0.325 e. The summed E-state index contributed by atoms with van der Waals surface area (Å²) in [6.45, 7) is 2.54. The van der Waals surface area contributed by atoms with Crippen molar-refractivity contribution in [1.82, 2.24) is 4.90 Å². The third kappa shape index (κ3) is 4.79. The first-order chi connectivity index (χ1) is 10.3. The fourth-order valence-electron chi connectivity index (χ4n) is 2.52. The summed E-state index contributed by atoms with van der Waals surface area (Å²) < 4.78 is 23.8. The van der Waals surface area contributed by atoms with Crippen LogP contribution in [0.25, 0.3) is 0 Å². The molecule has 1 saturated heterocycles. The molecule has 1 unspecified atom stereocenters. The second-order valence-electron chi connectivity index (χ2n) is 5.82. The molecule has 0 aromatic heterocycles. The van der Waals surface area contributed by atoms with Crippen molar-refractivity contribution in [3.8, 4) is 0 Å². The molecule has 1 amide bonds. The molecule has 0 aliphatic carbocycles. The van der Waals surface area contributed by atoms with Gasteiger partial charge in [-0.05, 0) is 54.0 Å². The molecule has 2 rings (SSSR count). The van der Waals surface area contributed by atoms with E-state index in [2.05, 4.69) is 21.2 Å². The quantitative estimate of drug-likeness (QED) is 0.839. The Morgan fingerprint density at radius 2 is 2.18 bits per heavy atom. The van der Waals surface area contributed by atoms with E-state index >= 15 is 0 Å². The summed E-state index contributed by atoms with van der Waals surface area (Å²) in [5, 5.41) is 2.87. The van der Waals surface area contributed by atoms with Crippen LogP contribution in [0.1, 0.15) is 18.4 Å². The Hall–Kier alpha value is -0.920. The summed E-state index contributed by atoms with van der Waals surface area (Å²) in [6, 6.07) is 5.79. The Morgan fingerprint density at radius 1 is 1.45 bits per heavy atom. The van der Waals surface area contributed by atoms with Crippen LogP contribution in [0.4, 0.5) is 5.69 Å². The van der Waals surface area contributed by atoms with Gasteiger partial charge in [-0.3, -0.25) is 4.79 Å². The number of carbonyl (C=O) groups is 1. The maximum Gasteiger partial charge on any atom is 0.225 e. The molecule has 7 heteroatoms. The highest BCUT2D eigenvalue weighted by molar-refractivity contribution is 9.10. The third-order valence-corrected chi connectivity index (χ3v) is 6.33. The topological polar surface area (TPSA) is 66.5 Å². The van der Waals surface area contributed by atoms with Crippen molar-refractivity contribution in [2.75, 3.05) is 30.4 Å². The predicted octanol–water partition coefficient (Wildman–Crippen LogP) is 2.21. The summed E-state index contributed by atoms with van der Waals surface area (Å²) in [5.41, 5.74) is 1.87. The number of benzene rings is 1. The number of nitrogens with zero attached hydrogens (tertiary/aromatic N) is 1. The number of hydrogen-bond donors (Lipinski definition) is 1. The second-order valence-corrected chi connectivity index (χ2v) is 8.90. The minimum absolute atomic E-state index is 0.0314. The van der Waals surface area contributed by atoms with Gasteiger partial charge >= 0.3 is 0 Å². The smallest absolute Gasteiger partial charge is 0.225 e. The highest BCUT2D eigenvalue weighted by Gasteiger charge is 2.30. The van der Waals surface area contributed by atoms with E-state index in [1.807, 2.05) is 37.1 Å². The molecule has 22 heavy (non-hydrogen) atoms. The van der Waals surface area contributed by atoms with E-state index in [0.29, 0.717) is 19.4 Å².